The van der Waals surface area contributed by atoms with E-state index in [0.717, 1.165) is 31.9 Å². The number of nitrogens with one attached hydrogen (secondary N) is 1. The Bertz CT molecular complexity index is 364. The summed E-state index contributed by atoms with van der Waals surface area (Å²) in [5.74, 6) is 2.30. The van der Waals surface area contributed by atoms with Gasteiger partial charge in [0.15, 0.2) is 0 Å². The molecule has 15 heavy (non-hydrogen) atoms. The van der Waals surface area contributed by atoms with E-state index in [1.807, 2.05) is 0 Å². The molecular formula is C12H17NO2. The smallest absolute Gasteiger partial charge is 0.107 e. The van der Waals surface area contributed by atoms with Crippen molar-refractivity contribution in [3.63, 3.8) is 0 Å². The van der Waals surface area contributed by atoms with Crippen LogP contribution in [0.4, 0.5) is 0 Å². The van der Waals surface area contributed by atoms with E-state index in [-0.39, 0.29) is 0 Å². The van der Waals surface area contributed by atoms with E-state index in [0.29, 0.717) is 6.04 Å². The lowest BCUT2D eigenvalue weighted by atomic mass is 10.0. The summed E-state index contributed by atoms with van der Waals surface area (Å²) >= 11 is 0. The number of rotatable bonds is 1. The first kappa shape index (κ1) is 9.43. The number of furan rings is 1. The number of fused-ring (bicyclic) bond motifs is 1. The van der Waals surface area contributed by atoms with Gasteiger partial charge in [0.05, 0.1) is 19.3 Å². The second kappa shape index (κ2) is 3.65. The summed E-state index contributed by atoms with van der Waals surface area (Å²) in [5.41, 5.74) is 2.83. The van der Waals surface area contributed by atoms with Crippen LogP contribution in [0.25, 0.3) is 0 Å². The highest BCUT2D eigenvalue weighted by atomic mass is 16.5. The van der Waals surface area contributed by atoms with Gasteiger partial charge in [-0.3, -0.25) is 0 Å². The lowest BCUT2D eigenvalue weighted by Gasteiger charge is -2.24. The maximum Gasteiger partial charge on any atom is 0.107 e. The van der Waals surface area contributed by atoms with Gasteiger partial charge >= 0.3 is 0 Å². The molecule has 1 saturated heterocycles. The van der Waals surface area contributed by atoms with E-state index < -0.39 is 0 Å². The summed E-state index contributed by atoms with van der Waals surface area (Å²) in [6, 6.07) is 0.351. The molecule has 3 heteroatoms. The van der Waals surface area contributed by atoms with E-state index in [1.54, 1.807) is 0 Å². The van der Waals surface area contributed by atoms with Crippen molar-refractivity contribution < 1.29 is 9.15 Å². The Hall–Kier alpha value is -0.800. The molecule has 1 aliphatic heterocycles. The SMILES string of the molecule is Cc1oc2c(c1C1COCCN1)CCC2. The molecule has 3 rings (SSSR count). The van der Waals surface area contributed by atoms with Gasteiger partial charge < -0.3 is 14.5 Å². The van der Waals surface area contributed by atoms with Gasteiger partial charge in [-0.25, -0.2) is 0 Å². The number of morpholine rings is 1. The van der Waals surface area contributed by atoms with Gasteiger partial charge in [0, 0.05) is 18.5 Å². The predicted octanol–water partition coefficient (Wildman–Crippen LogP) is 1.74. The maximum atomic E-state index is 5.81. The highest BCUT2D eigenvalue weighted by molar-refractivity contribution is 5.38. The molecule has 0 saturated carbocycles. The third kappa shape index (κ3) is 1.50. The first-order chi connectivity index (χ1) is 7.36. The van der Waals surface area contributed by atoms with Crippen LogP contribution in [0.15, 0.2) is 4.42 Å². The van der Waals surface area contributed by atoms with Gasteiger partial charge in [-0.05, 0) is 25.3 Å². The van der Waals surface area contributed by atoms with Gasteiger partial charge in [0.1, 0.15) is 11.5 Å². The molecule has 2 aliphatic rings. The minimum absolute atomic E-state index is 0.351. The van der Waals surface area contributed by atoms with Crippen LogP contribution in [0, 0.1) is 6.92 Å². The van der Waals surface area contributed by atoms with Gasteiger partial charge in [0.25, 0.3) is 0 Å². The van der Waals surface area contributed by atoms with Crippen molar-refractivity contribution in [1.82, 2.24) is 5.32 Å². The van der Waals surface area contributed by atoms with Crippen molar-refractivity contribution in [2.24, 2.45) is 0 Å². The predicted molar refractivity (Wildman–Crippen MR) is 57.0 cm³/mol. The second-order valence-corrected chi connectivity index (χ2v) is 4.41. The molecule has 82 valence electrons. The maximum absolute atomic E-state index is 5.81. The van der Waals surface area contributed by atoms with Crippen LogP contribution in [0.3, 0.4) is 0 Å². The Morgan fingerprint density at radius 1 is 1.33 bits per heavy atom. The topological polar surface area (TPSA) is 34.4 Å². The second-order valence-electron chi connectivity index (χ2n) is 4.41. The standard InChI is InChI=1S/C12H17NO2/c1-8-12(10-7-14-6-5-13-10)9-3-2-4-11(9)15-8/h10,13H,2-7H2,1H3. The van der Waals surface area contributed by atoms with Gasteiger partial charge in [-0.2, -0.15) is 0 Å². The number of aryl methyl sites for hydroxylation is 2. The average Bonchev–Trinajstić information content (AvgIpc) is 2.78. The first-order valence-electron chi connectivity index (χ1n) is 5.78. The van der Waals surface area contributed by atoms with Crippen molar-refractivity contribution in [2.75, 3.05) is 19.8 Å². The summed E-state index contributed by atoms with van der Waals surface area (Å²) in [4.78, 5) is 0. The lowest BCUT2D eigenvalue weighted by Crippen LogP contribution is -2.35. The minimum atomic E-state index is 0.351. The summed E-state index contributed by atoms with van der Waals surface area (Å²) in [6.45, 7) is 4.64. The molecule has 0 amide bonds. The van der Waals surface area contributed by atoms with Crippen LogP contribution in [0.2, 0.25) is 0 Å². The van der Waals surface area contributed by atoms with Crippen LogP contribution in [0.5, 0.6) is 0 Å². The van der Waals surface area contributed by atoms with Crippen LogP contribution < -0.4 is 5.32 Å². The van der Waals surface area contributed by atoms with Crippen molar-refractivity contribution in [1.29, 1.82) is 0 Å². The molecule has 0 spiro atoms. The third-order valence-electron chi connectivity index (χ3n) is 3.42. The molecule has 1 aromatic heterocycles. The molecule has 1 fully saturated rings. The van der Waals surface area contributed by atoms with Gasteiger partial charge in [0.2, 0.25) is 0 Å². The Balaban J connectivity index is 1.95. The van der Waals surface area contributed by atoms with E-state index in [2.05, 4.69) is 12.2 Å². The largest absolute Gasteiger partial charge is 0.466 e. The Labute approximate surface area is 89.8 Å². The van der Waals surface area contributed by atoms with Crippen molar-refractivity contribution in [3.8, 4) is 0 Å². The lowest BCUT2D eigenvalue weighted by molar-refractivity contribution is 0.0762. The molecular weight excluding hydrogens is 190 g/mol. The number of ether oxygens (including phenoxy) is 1. The molecule has 3 nitrogen and oxygen atoms in total. The van der Waals surface area contributed by atoms with E-state index in [9.17, 15) is 0 Å². The molecule has 1 unspecified atom stereocenters. The van der Waals surface area contributed by atoms with E-state index >= 15 is 0 Å². The highest BCUT2D eigenvalue weighted by Gasteiger charge is 2.28. The average molecular weight is 207 g/mol. The summed E-state index contributed by atoms with van der Waals surface area (Å²) in [6.07, 6.45) is 3.54. The molecule has 1 atom stereocenters. The fourth-order valence-electron chi connectivity index (χ4n) is 2.77. The molecule has 1 N–H and O–H groups in total. The highest BCUT2D eigenvalue weighted by Crippen LogP contribution is 2.34. The number of hydrogen-bond acceptors (Lipinski definition) is 3. The van der Waals surface area contributed by atoms with Crippen LogP contribution in [-0.2, 0) is 17.6 Å². The molecule has 0 aromatic carbocycles. The Morgan fingerprint density at radius 2 is 2.27 bits per heavy atom. The summed E-state index contributed by atoms with van der Waals surface area (Å²) in [5, 5.41) is 3.51. The molecule has 0 bridgehead atoms. The molecule has 1 aliphatic carbocycles. The number of hydrogen-bond donors (Lipinski definition) is 1. The van der Waals surface area contributed by atoms with Crippen LogP contribution in [0.1, 0.15) is 35.1 Å². The van der Waals surface area contributed by atoms with Crippen molar-refractivity contribution in [3.05, 3.63) is 22.6 Å². The molecule has 1 aromatic rings. The zero-order valence-electron chi connectivity index (χ0n) is 9.14. The van der Waals surface area contributed by atoms with Crippen molar-refractivity contribution >= 4 is 0 Å². The Kier molecular flexibility index (Phi) is 2.29. The summed E-state index contributed by atoms with van der Waals surface area (Å²) in [7, 11) is 0. The molecule has 0 radical (unpaired) electrons. The molecule has 2 heterocycles. The van der Waals surface area contributed by atoms with E-state index in [4.69, 9.17) is 9.15 Å². The minimum Gasteiger partial charge on any atom is -0.466 e. The first-order valence-corrected chi connectivity index (χ1v) is 5.78. The zero-order chi connectivity index (χ0) is 10.3. The zero-order valence-corrected chi connectivity index (χ0v) is 9.14. The van der Waals surface area contributed by atoms with Crippen LogP contribution in [-0.4, -0.2) is 19.8 Å². The quantitative estimate of drug-likeness (QED) is 0.761. The fourth-order valence-corrected chi connectivity index (χ4v) is 2.77. The van der Waals surface area contributed by atoms with E-state index in [1.165, 1.54) is 29.7 Å². The normalized spacial score (nSPS) is 25.5. The summed E-state index contributed by atoms with van der Waals surface area (Å²) < 4.78 is 11.3. The van der Waals surface area contributed by atoms with Gasteiger partial charge in [-0.15, -0.1) is 0 Å². The Morgan fingerprint density at radius 3 is 3.07 bits per heavy atom. The fraction of sp³-hybridized carbons (Fsp3) is 0.667. The van der Waals surface area contributed by atoms with Gasteiger partial charge in [-0.1, -0.05) is 0 Å². The van der Waals surface area contributed by atoms with Crippen molar-refractivity contribution in [2.45, 2.75) is 32.2 Å². The third-order valence-corrected chi connectivity index (χ3v) is 3.42. The van der Waals surface area contributed by atoms with Crippen LogP contribution >= 0.6 is 0 Å². The monoisotopic (exact) mass is 207 g/mol.